The summed E-state index contributed by atoms with van der Waals surface area (Å²) < 4.78 is 27.2. The summed E-state index contributed by atoms with van der Waals surface area (Å²) in [4.78, 5) is 10.7. The van der Waals surface area contributed by atoms with Gasteiger partial charge < -0.3 is 10.3 Å². The van der Waals surface area contributed by atoms with Crippen molar-refractivity contribution in [3.63, 3.8) is 0 Å². The van der Waals surface area contributed by atoms with E-state index in [2.05, 4.69) is 0 Å². The Hall–Kier alpha value is -2.28. The minimum Gasteiger partial charge on any atom is -0.351 e. The molecule has 0 fully saturated rings. The van der Waals surface area contributed by atoms with Gasteiger partial charge in [-0.05, 0) is 24.3 Å². The van der Waals surface area contributed by atoms with Crippen molar-refractivity contribution in [1.29, 1.82) is 0 Å². The van der Waals surface area contributed by atoms with Gasteiger partial charge in [-0.25, -0.2) is 17.9 Å². The lowest BCUT2D eigenvalue weighted by molar-refractivity contribution is 0.253. The topological polar surface area (TPSA) is 94.2 Å². The van der Waals surface area contributed by atoms with Crippen molar-refractivity contribution in [2.75, 3.05) is 0 Å². The molecule has 0 aliphatic carbocycles. The van der Waals surface area contributed by atoms with Gasteiger partial charge in [-0.3, -0.25) is 0 Å². The fourth-order valence-corrected chi connectivity index (χ4v) is 2.66. The van der Waals surface area contributed by atoms with E-state index in [0.717, 1.165) is 0 Å². The second kappa shape index (κ2) is 4.53. The monoisotopic (exact) mass is 265 g/mol. The van der Waals surface area contributed by atoms with Gasteiger partial charge in [0.05, 0.1) is 5.69 Å². The molecule has 18 heavy (non-hydrogen) atoms. The predicted molar refractivity (Wildman–Crippen MR) is 65.7 cm³/mol. The third-order valence-electron chi connectivity index (χ3n) is 2.27. The Morgan fingerprint density at radius 1 is 1.11 bits per heavy atom. The number of para-hydroxylation sites is 1. The molecule has 2 amide bonds. The van der Waals surface area contributed by atoms with Crippen molar-refractivity contribution in [1.82, 2.24) is 9.29 Å². The number of amides is 2. The molecule has 0 aliphatic rings. The highest BCUT2D eigenvalue weighted by Gasteiger charge is 2.20. The highest BCUT2D eigenvalue weighted by Crippen LogP contribution is 2.19. The lowest BCUT2D eigenvalue weighted by atomic mass is 10.3. The standard InChI is InChI=1S/C11H11N3O3S/c12-11(15)13-18(16,17)10-6-2-1-5-9(10)14-7-3-4-8-14/h1-8H,(H3,12,13,15). The van der Waals surface area contributed by atoms with Crippen LogP contribution in [-0.4, -0.2) is 19.0 Å². The first-order valence-corrected chi connectivity index (χ1v) is 6.53. The minimum absolute atomic E-state index is 0.0139. The number of hydrogen-bond donors (Lipinski definition) is 2. The molecule has 0 saturated heterocycles. The van der Waals surface area contributed by atoms with Crippen molar-refractivity contribution < 1.29 is 13.2 Å². The zero-order chi connectivity index (χ0) is 13.2. The summed E-state index contributed by atoms with van der Waals surface area (Å²) in [5.41, 5.74) is 5.29. The van der Waals surface area contributed by atoms with E-state index < -0.39 is 16.1 Å². The fraction of sp³-hybridized carbons (Fsp3) is 0. The van der Waals surface area contributed by atoms with E-state index in [9.17, 15) is 13.2 Å². The first kappa shape index (κ1) is 12.2. The van der Waals surface area contributed by atoms with Gasteiger partial charge in [-0.15, -0.1) is 0 Å². The highest BCUT2D eigenvalue weighted by molar-refractivity contribution is 7.90. The highest BCUT2D eigenvalue weighted by atomic mass is 32.2. The van der Waals surface area contributed by atoms with Crippen molar-refractivity contribution in [3.05, 3.63) is 48.8 Å². The van der Waals surface area contributed by atoms with Gasteiger partial charge in [0.1, 0.15) is 4.90 Å². The summed E-state index contributed by atoms with van der Waals surface area (Å²) in [7, 11) is -3.96. The number of sulfonamides is 1. The molecule has 94 valence electrons. The molecule has 0 saturated carbocycles. The number of carbonyl (C=O) groups excluding carboxylic acids is 1. The maximum absolute atomic E-state index is 11.9. The molecule has 1 aromatic carbocycles. The van der Waals surface area contributed by atoms with Crippen molar-refractivity contribution in [3.8, 4) is 5.69 Å². The molecule has 0 aliphatic heterocycles. The van der Waals surface area contributed by atoms with Gasteiger partial charge in [0.25, 0.3) is 10.0 Å². The van der Waals surface area contributed by atoms with E-state index in [4.69, 9.17) is 5.73 Å². The summed E-state index contributed by atoms with van der Waals surface area (Å²) in [6, 6.07) is 8.74. The number of nitrogens with zero attached hydrogens (tertiary/aromatic N) is 1. The third kappa shape index (κ3) is 2.35. The van der Waals surface area contributed by atoms with E-state index >= 15 is 0 Å². The van der Waals surface area contributed by atoms with E-state index in [1.165, 1.54) is 6.07 Å². The molecule has 3 N–H and O–H groups in total. The number of hydrogen-bond acceptors (Lipinski definition) is 3. The number of carbonyl (C=O) groups is 1. The molecule has 0 bridgehead atoms. The molecule has 1 aromatic heterocycles. The molecule has 0 unspecified atom stereocenters. The Balaban J connectivity index is 2.56. The molecule has 0 radical (unpaired) electrons. The van der Waals surface area contributed by atoms with Crippen LogP contribution in [-0.2, 0) is 10.0 Å². The van der Waals surface area contributed by atoms with Crippen LogP contribution in [0.5, 0.6) is 0 Å². The van der Waals surface area contributed by atoms with Crippen LogP contribution in [0.1, 0.15) is 0 Å². The molecular formula is C11H11N3O3S. The Kier molecular flexibility index (Phi) is 3.07. The zero-order valence-electron chi connectivity index (χ0n) is 9.28. The molecule has 0 atom stereocenters. The van der Waals surface area contributed by atoms with Gasteiger partial charge >= 0.3 is 6.03 Å². The minimum atomic E-state index is -3.96. The first-order valence-electron chi connectivity index (χ1n) is 5.05. The van der Waals surface area contributed by atoms with Crippen LogP contribution in [0.4, 0.5) is 4.79 Å². The van der Waals surface area contributed by atoms with Crippen molar-refractivity contribution >= 4 is 16.1 Å². The van der Waals surface area contributed by atoms with Crippen LogP contribution in [0.2, 0.25) is 0 Å². The van der Waals surface area contributed by atoms with Gasteiger partial charge in [-0.1, -0.05) is 12.1 Å². The maximum Gasteiger partial charge on any atom is 0.326 e. The number of nitrogens with two attached hydrogens (primary N) is 1. The summed E-state index contributed by atoms with van der Waals surface area (Å²) in [6.07, 6.45) is 3.41. The summed E-state index contributed by atoms with van der Waals surface area (Å²) in [6.45, 7) is 0. The number of urea groups is 1. The van der Waals surface area contributed by atoms with Crippen LogP contribution in [0.25, 0.3) is 5.69 Å². The molecule has 6 nitrogen and oxygen atoms in total. The van der Waals surface area contributed by atoms with E-state index in [1.54, 1.807) is 52.0 Å². The van der Waals surface area contributed by atoms with Crippen LogP contribution in [0.3, 0.4) is 0 Å². The predicted octanol–water partition coefficient (Wildman–Crippen LogP) is 0.834. The van der Waals surface area contributed by atoms with Crippen LogP contribution >= 0.6 is 0 Å². The van der Waals surface area contributed by atoms with Crippen LogP contribution in [0.15, 0.2) is 53.7 Å². The third-order valence-corrected chi connectivity index (χ3v) is 3.67. The van der Waals surface area contributed by atoms with Gasteiger partial charge in [-0.2, -0.15) is 0 Å². The summed E-state index contributed by atoms with van der Waals surface area (Å²) >= 11 is 0. The second-order valence-corrected chi connectivity index (χ2v) is 5.18. The molecule has 1 heterocycles. The lowest BCUT2D eigenvalue weighted by Gasteiger charge is -2.11. The molecule has 2 rings (SSSR count). The maximum atomic E-state index is 11.9. The SMILES string of the molecule is NC(=O)NS(=O)(=O)c1ccccc1-n1cccc1. The van der Waals surface area contributed by atoms with Gasteiger partial charge in [0, 0.05) is 12.4 Å². The molecule has 0 spiro atoms. The molecule has 7 heteroatoms. The number of aromatic nitrogens is 1. The van der Waals surface area contributed by atoms with E-state index in [-0.39, 0.29) is 4.90 Å². The normalized spacial score (nSPS) is 11.1. The van der Waals surface area contributed by atoms with E-state index in [1.807, 2.05) is 0 Å². The zero-order valence-corrected chi connectivity index (χ0v) is 10.1. The first-order chi connectivity index (χ1) is 8.50. The number of benzene rings is 1. The second-order valence-electron chi connectivity index (χ2n) is 3.53. The fourth-order valence-electron chi connectivity index (χ4n) is 1.58. The quantitative estimate of drug-likeness (QED) is 0.860. The number of nitrogens with one attached hydrogen (secondary N) is 1. The lowest BCUT2D eigenvalue weighted by Crippen LogP contribution is -2.35. The number of rotatable bonds is 3. The Bertz CT molecular complexity index is 663. The van der Waals surface area contributed by atoms with Crippen molar-refractivity contribution in [2.24, 2.45) is 5.73 Å². The Morgan fingerprint density at radius 2 is 1.72 bits per heavy atom. The Labute approximate surface area is 104 Å². The molecule has 2 aromatic rings. The smallest absolute Gasteiger partial charge is 0.326 e. The average Bonchev–Trinajstić information content (AvgIpc) is 2.80. The summed E-state index contributed by atoms with van der Waals surface area (Å²) in [5, 5.41) is 0. The van der Waals surface area contributed by atoms with Crippen molar-refractivity contribution in [2.45, 2.75) is 4.90 Å². The largest absolute Gasteiger partial charge is 0.351 e. The molecular weight excluding hydrogens is 254 g/mol. The number of primary amides is 1. The van der Waals surface area contributed by atoms with Gasteiger partial charge in [0.15, 0.2) is 0 Å². The van der Waals surface area contributed by atoms with Gasteiger partial charge in [0.2, 0.25) is 0 Å². The van der Waals surface area contributed by atoms with Crippen LogP contribution < -0.4 is 10.5 Å². The van der Waals surface area contributed by atoms with E-state index in [0.29, 0.717) is 5.69 Å². The summed E-state index contributed by atoms with van der Waals surface area (Å²) in [5.74, 6) is 0. The van der Waals surface area contributed by atoms with Crippen LogP contribution in [0, 0.1) is 0 Å². The Morgan fingerprint density at radius 3 is 2.33 bits per heavy atom. The average molecular weight is 265 g/mol.